The summed E-state index contributed by atoms with van der Waals surface area (Å²) in [4.78, 5) is 0.112. The van der Waals surface area contributed by atoms with E-state index in [1.807, 2.05) is 0 Å². The zero-order valence-electron chi connectivity index (χ0n) is 14.3. The number of anilines is 1. The number of thiocarbonyl (C=S) groups is 1. The molecule has 1 saturated carbocycles. The van der Waals surface area contributed by atoms with E-state index in [-0.39, 0.29) is 4.90 Å². The summed E-state index contributed by atoms with van der Waals surface area (Å²) in [5, 5.41) is 6.89. The van der Waals surface area contributed by atoms with Crippen LogP contribution in [0.3, 0.4) is 0 Å². The van der Waals surface area contributed by atoms with Gasteiger partial charge in [-0.1, -0.05) is 19.3 Å². The number of hydrogen-bond donors (Lipinski definition) is 2. The molecule has 1 fully saturated rings. The van der Waals surface area contributed by atoms with Gasteiger partial charge in [0.25, 0.3) is 0 Å². The predicted molar refractivity (Wildman–Crippen MR) is 100 cm³/mol. The molecule has 0 heterocycles. The Balaban J connectivity index is 2.15. The maximum absolute atomic E-state index is 12.4. The molecule has 0 amide bonds. The summed E-state index contributed by atoms with van der Waals surface area (Å²) < 4.78 is 31.2. The second kappa shape index (κ2) is 8.13. The number of rotatable bonds is 5. The molecule has 1 aromatic carbocycles. The number of nitrogens with zero attached hydrogens (tertiary/aromatic N) is 1. The molecule has 0 aliphatic heterocycles. The van der Waals surface area contributed by atoms with Crippen molar-refractivity contribution >= 4 is 33.0 Å². The Labute approximate surface area is 149 Å². The van der Waals surface area contributed by atoms with Crippen molar-refractivity contribution in [1.82, 2.24) is 9.62 Å². The second-order valence-corrected chi connectivity index (χ2v) is 8.61. The first-order chi connectivity index (χ1) is 11.3. The Morgan fingerprint density at radius 2 is 1.92 bits per heavy atom. The Morgan fingerprint density at radius 1 is 1.25 bits per heavy atom. The number of ether oxygens (including phenoxy) is 1. The third-order valence-electron chi connectivity index (χ3n) is 4.12. The van der Waals surface area contributed by atoms with Gasteiger partial charge in [-0.3, -0.25) is 0 Å². The zero-order valence-corrected chi connectivity index (χ0v) is 16.0. The fourth-order valence-electron chi connectivity index (χ4n) is 2.75. The Hall–Kier alpha value is -1.38. The molecule has 0 atom stereocenters. The lowest BCUT2D eigenvalue weighted by Gasteiger charge is -2.24. The molecule has 24 heavy (non-hydrogen) atoms. The van der Waals surface area contributed by atoms with E-state index in [0.717, 1.165) is 17.1 Å². The minimum absolute atomic E-state index is 0.112. The third-order valence-corrected chi connectivity index (χ3v) is 6.18. The molecule has 2 rings (SSSR count). The summed E-state index contributed by atoms with van der Waals surface area (Å²) in [6.07, 6.45) is 5.94. The first kappa shape index (κ1) is 19.0. The van der Waals surface area contributed by atoms with Crippen LogP contribution in [0.4, 0.5) is 5.69 Å². The molecule has 0 radical (unpaired) electrons. The SMILES string of the molecule is COc1ccc(NC(=S)NC2CCCCC2)cc1S(=O)(=O)N(C)C. The monoisotopic (exact) mass is 371 g/mol. The fourth-order valence-corrected chi connectivity index (χ4v) is 4.11. The summed E-state index contributed by atoms with van der Waals surface area (Å²) in [6, 6.07) is 5.31. The lowest BCUT2D eigenvalue weighted by atomic mass is 9.96. The fraction of sp³-hybridized carbons (Fsp3) is 0.562. The van der Waals surface area contributed by atoms with Crippen molar-refractivity contribution in [2.75, 3.05) is 26.5 Å². The molecular weight excluding hydrogens is 346 g/mol. The van der Waals surface area contributed by atoms with Crippen molar-refractivity contribution in [1.29, 1.82) is 0 Å². The predicted octanol–water partition coefficient (Wildman–Crippen LogP) is 2.56. The summed E-state index contributed by atoms with van der Waals surface area (Å²) in [5.41, 5.74) is 0.615. The van der Waals surface area contributed by atoms with Gasteiger partial charge in [0, 0.05) is 25.8 Å². The van der Waals surface area contributed by atoms with Crippen LogP contribution < -0.4 is 15.4 Å². The lowest BCUT2D eigenvalue weighted by Crippen LogP contribution is -2.38. The molecule has 6 nitrogen and oxygen atoms in total. The number of hydrogen-bond acceptors (Lipinski definition) is 4. The molecular formula is C16H25N3O3S2. The van der Waals surface area contributed by atoms with Crippen LogP contribution in [0.5, 0.6) is 5.75 Å². The van der Waals surface area contributed by atoms with Crippen molar-refractivity contribution in [3.8, 4) is 5.75 Å². The lowest BCUT2D eigenvalue weighted by molar-refractivity contribution is 0.400. The molecule has 0 bridgehead atoms. The van der Waals surface area contributed by atoms with Gasteiger partial charge in [0.05, 0.1) is 7.11 Å². The van der Waals surface area contributed by atoms with E-state index in [0.29, 0.717) is 22.6 Å². The normalized spacial score (nSPS) is 16.0. The highest BCUT2D eigenvalue weighted by molar-refractivity contribution is 7.89. The maximum Gasteiger partial charge on any atom is 0.246 e. The van der Waals surface area contributed by atoms with E-state index in [1.165, 1.54) is 40.5 Å². The quantitative estimate of drug-likeness (QED) is 0.775. The molecule has 0 spiro atoms. The Kier molecular flexibility index (Phi) is 6.42. The smallest absolute Gasteiger partial charge is 0.246 e. The van der Waals surface area contributed by atoms with E-state index in [2.05, 4.69) is 10.6 Å². The van der Waals surface area contributed by atoms with Gasteiger partial charge < -0.3 is 15.4 Å². The van der Waals surface area contributed by atoms with Gasteiger partial charge in [0.2, 0.25) is 10.0 Å². The van der Waals surface area contributed by atoms with Crippen LogP contribution in [0.2, 0.25) is 0 Å². The van der Waals surface area contributed by atoms with E-state index in [4.69, 9.17) is 17.0 Å². The highest BCUT2D eigenvalue weighted by Crippen LogP contribution is 2.29. The number of methoxy groups -OCH3 is 1. The molecule has 0 unspecified atom stereocenters. The summed E-state index contributed by atoms with van der Waals surface area (Å²) in [5.74, 6) is 0.306. The van der Waals surface area contributed by atoms with Gasteiger partial charge in [-0.2, -0.15) is 0 Å². The van der Waals surface area contributed by atoms with Crippen LogP contribution in [0, 0.1) is 0 Å². The summed E-state index contributed by atoms with van der Waals surface area (Å²) >= 11 is 5.35. The average Bonchev–Trinajstić information content (AvgIpc) is 2.55. The topological polar surface area (TPSA) is 70.7 Å². The minimum atomic E-state index is -3.60. The number of nitrogens with one attached hydrogen (secondary N) is 2. The van der Waals surface area contributed by atoms with Crippen molar-refractivity contribution in [3.05, 3.63) is 18.2 Å². The number of sulfonamides is 1. The van der Waals surface area contributed by atoms with Crippen LogP contribution >= 0.6 is 12.2 Å². The van der Waals surface area contributed by atoms with Gasteiger partial charge in [-0.25, -0.2) is 12.7 Å². The van der Waals surface area contributed by atoms with Gasteiger partial charge >= 0.3 is 0 Å². The zero-order chi connectivity index (χ0) is 17.7. The standard InChI is InChI=1S/C16H25N3O3S2/c1-19(2)24(20,21)15-11-13(9-10-14(15)22-3)18-16(23)17-12-7-5-4-6-8-12/h9-12H,4-8H2,1-3H3,(H2,17,18,23). The summed E-state index contributed by atoms with van der Waals surface area (Å²) in [7, 11) is 0.831. The number of benzene rings is 1. The molecule has 1 aromatic rings. The highest BCUT2D eigenvalue weighted by Gasteiger charge is 2.23. The van der Waals surface area contributed by atoms with Crippen molar-refractivity contribution in [2.45, 2.75) is 43.0 Å². The first-order valence-electron chi connectivity index (χ1n) is 8.02. The van der Waals surface area contributed by atoms with E-state index in [1.54, 1.807) is 18.2 Å². The van der Waals surface area contributed by atoms with E-state index >= 15 is 0 Å². The van der Waals surface area contributed by atoms with Crippen molar-refractivity contribution < 1.29 is 13.2 Å². The average molecular weight is 372 g/mol. The Bertz CT molecular complexity index is 684. The molecule has 1 aliphatic carbocycles. The molecule has 2 N–H and O–H groups in total. The molecule has 8 heteroatoms. The van der Waals surface area contributed by atoms with Gasteiger partial charge in [-0.05, 0) is 43.3 Å². The maximum atomic E-state index is 12.4. The largest absolute Gasteiger partial charge is 0.495 e. The van der Waals surface area contributed by atoms with Gasteiger partial charge in [0.15, 0.2) is 5.11 Å². The van der Waals surface area contributed by atoms with E-state index < -0.39 is 10.0 Å². The van der Waals surface area contributed by atoms with Crippen LogP contribution in [-0.2, 0) is 10.0 Å². The van der Waals surface area contributed by atoms with Crippen molar-refractivity contribution in [2.24, 2.45) is 0 Å². The summed E-state index contributed by atoms with van der Waals surface area (Å²) in [6.45, 7) is 0. The van der Waals surface area contributed by atoms with Crippen molar-refractivity contribution in [3.63, 3.8) is 0 Å². The molecule has 0 saturated heterocycles. The Morgan fingerprint density at radius 3 is 2.50 bits per heavy atom. The minimum Gasteiger partial charge on any atom is -0.495 e. The molecule has 134 valence electrons. The van der Waals surface area contributed by atoms with E-state index in [9.17, 15) is 8.42 Å². The second-order valence-electron chi connectivity index (χ2n) is 6.09. The van der Waals surface area contributed by atoms with Crippen LogP contribution in [0.1, 0.15) is 32.1 Å². The third kappa shape index (κ3) is 4.58. The van der Waals surface area contributed by atoms with Gasteiger partial charge in [-0.15, -0.1) is 0 Å². The first-order valence-corrected chi connectivity index (χ1v) is 9.87. The van der Waals surface area contributed by atoms with Crippen LogP contribution in [0.15, 0.2) is 23.1 Å². The molecule has 0 aromatic heterocycles. The van der Waals surface area contributed by atoms with Gasteiger partial charge in [0.1, 0.15) is 10.6 Å². The van der Waals surface area contributed by atoms with Crippen LogP contribution in [0.25, 0.3) is 0 Å². The molecule has 1 aliphatic rings. The van der Waals surface area contributed by atoms with Crippen LogP contribution in [-0.4, -0.2) is 45.1 Å². The highest BCUT2D eigenvalue weighted by atomic mass is 32.2.